The minimum atomic E-state index is -0.135. The van der Waals surface area contributed by atoms with E-state index in [4.69, 9.17) is 4.74 Å². The van der Waals surface area contributed by atoms with Crippen molar-refractivity contribution in [1.82, 2.24) is 5.32 Å². The van der Waals surface area contributed by atoms with Crippen LogP contribution in [-0.2, 0) is 4.79 Å². The van der Waals surface area contributed by atoms with Gasteiger partial charge in [-0.05, 0) is 31.0 Å². The topological polar surface area (TPSA) is 58.6 Å². The molecule has 1 amide bonds. The molecule has 1 aliphatic heterocycles. The van der Waals surface area contributed by atoms with Crippen molar-refractivity contribution in [2.24, 2.45) is 0 Å². The number of amides is 1. The molecule has 0 bridgehead atoms. The first-order valence-corrected chi connectivity index (χ1v) is 5.29. The molecule has 2 N–H and O–H groups in total. The highest BCUT2D eigenvalue weighted by Crippen LogP contribution is 2.33. The summed E-state index contributed by atoms with van der Waals surface area (Å²) in [6, 6.07) is 5.25. The molecule has 1 aromatic carbocycles. The maximum Gasteiger partial charge on any atom is 0.227 e. The van der Waals surface area contributed by atoms with Crippen LogP contribution in [0.4, 0.5) is 0 Å². The summed E-state index contributed by atoms with van der Waals surface area (Å²) >= 11 is 0. The van der Waals surface area contributed by atoms with Gasteiger partial charge in [-0.25, -0.2) is 0 Å². The van der Waals surface area contributed by atoms with Gasteiger partial charge in [0.05, 0.1) is 13.0 Å². The van der Waals surface area contributed by atoms with Crippen LogP contribution in [0.15, 0.2) is 18.2 Å². The van der Waals surface area contributed by atoms with E-state index in [2.05, 4.69) is 5.32 Å². The van der Waals surface area contributed by atoms with Crippen LogP contribution in [0.2, 0.25) is 0 Å². The van der Waals surface area contributed by atoms with Crippen molar-refractivity contribution in [1.29, 1.82) is 0 Å². The standard InChI is InChI=1S/C12H15NO3/c1-7-5-9(12(15)13-7)8-3-4-10(14)11(6-8)16-2/h3-4,6-7,9,14H,5H2,1-2H3,(H,13,15). The van der Waals surface area contributed by atoms with Gasteiger partial charge < -0.3 is 15.2 Å². The van der Waals surface area contributed by atoms with Crippen LogP contribution in [-0.4, -0.2) is 24.2 Å². The number of rotatable bonds is 2. The predicted molar refractivity (Wildman–Crippen MR) is 59.6 cm³/mol. The SMILES string of the molecule is COc1cc(C2CC(C)NC2=O)ccc1O. The highest BCUT2D eigenvalue weighted by Gasteiger charge is 2.30. The Kier molecular flexibility index (Phi) is 2.73. The van der Waals surface area contributed by atoms with Gasteiger partial charge >= 0.3 is 0 Å². The molecule has 1 fully saturated rings. The average molecular weight is 221 g/mol. The molecule has 16 heavy (non-hydrogen) atoms. The molecule has 1 saturated heterocycles. The largest absolute Gasteiger partial charge is 0.504 e. The molecule has 0 aromatic heterocycles. The van der Waals surface area contributed by atoms with Gasteiger partial charge in [-0.3, -0.25) is 4.79 Å². The number of phenols is 1. The monoisotopic (exact) mass is 221 g/mol. The molecule has 2 atom stereocenters. The number of carbonyl (C=O) groups is 1. The fourth-order valence-electron chi connectivity index (χ4n) is 2.06. The van der Waals surface area contributed by atoms with E-state index >= 15 is 0 Å². The summed E-state index contributed by atoms with van der Waals surface area (Å²) in [5.74, 6) is 0.410. The highest BCUT2D eigenvalue weighted by atomic mass is 16.5. The second-order valence-electron chi connectivity index (χ2n) is 4.13. The number of carbonyl (C=O) groups excluding carboxylic acids is 1. The number of aromatic hydroxyl groups is 1. The number of phenolic OH excluding ortho intramolecular Hbond substituents is 1. The van der Waals surface area contributed by atoms with Crippen LogP contribution in [0.5, 0.6) is 11.5 Å². The quantitative estimate of drug-likeness (QED) is 0.793. The first kappa shape index (κ1) is 10.8. The lowest BCUT2D eigenvalue weighted by Gasteiger charge is -2.10. The third-order valence-electron chi connectivity index (χ3n) is 2.90. The molecule has 0 aliphatic carbocycles. The summed E-state index contributed by atoms with van der Waals surface area (Å²) in [5.41, 5.74) is 0.886. The first-order valence-electron chi connectivity index (χ1n) is 5.29. The first-order chi connectivity index (χ1) is 7.61. The van der Waals surface area contributed by atoms with Crippen molar-refractivity contribution < 1.29 is 14.6 Å². The molecule has 2 rings (SSSR count). The van der Waals surface area contributed by atoms with Crippen molar-refractivity contribution in [3.05, 3.63) is 23.8 Å². The zero-order chi connectivity index (χ0) is 11.7. The lowest BCUT2D eigenvalue weighted by molar-refractivity contribution is -0.120. The van der Waals surface area contributed by atoms with Crippen LogP contribution in [0, 0.1) is 0 Å². The van der Waals surface area contributed by atoms with E-state index in [-0.39, 0.29) is 23.6 Å². The van der Waals surface area contributed by atoms with Gasteiger partial charge in [0, 0.05) is 6.04 Å². The predicted octanol–water partition coefficient (Wildman–Crippen LogP) is 1.39. The third-order valence-corrected chi connectivity index (χ3v) is 2.90. The molecule has 0 saturated carbocycles. The van der Waals surface area contributed by atoms with E-state index in [1.165, 1.54) is 7.11 Å². The van der Waals surface area contributed by atoms with Crippen molar-refractivity contribution in [3.8, 4) is 11.5 Å². The Balaban J connectivity index is 2.30. The van der Waals surface area contributed by atoms with Crippen LogP contribution in [0.25, 0.3) is 0 Å². The Labute approximate surface area is 94.2 Å². The van der Waals surface area contributed by atoms with E-state index in [1.807, 2.05) is 6.92 Å². The maximum atomic E-state index is 11.7. The van der Waals surface area contributed by atoms with Gasteiger partial charge in [-0.15, -0.1) is 0 Å². The van der Waals surface area contributed by atoms with Crippen molar-refractivity contribution in [3.63, 3.8) is 0 Å². The lowest BCUT2D eigenvalue weighted by atomic mass is 9.96. The Morgan fingerprint density at radius 1 is 1.50 bits per heavy atom. The zero-order valence-corrected chi connectivity index (χ0v) is 9.36. The van der Waals surface area contributed by atoms with Gasteiger partial charge in [-0.2, -0.15) is 0 Å². The van der Waals surface area contributed by atoms with E-state index in [0.29, 0.717) is 5.75 Å². The number of benzene rings is 1. The van der Waals surface area contributed by atoms with Crippen molar-refractivity contribution in [2.75, 3.05) is 7.11 Å². The van der Waals surface area contributed by atoms with Crippen LogP contribution < -0.4 is 10.1 Å². The maximum absolute atomic E-state index is 11.7. The number of hydrogen-bond acceptors (Lipinski definition) is 3. The third kappa shape index (κ3) is 1.83. The fourth-order valence-corrected chi connectivity index (χ4v) is 2.06. The molecule has 2 unspecified atom stereocenters. The van der Waals surface area contributed by atoms with Crippen LogP contribution >= 0.6 is 0 Å². The Bertz CT molecular complexity index is 417. The molecule has 86 valence electrons. The van der Waals surface area contributed by atoms with E-state index in [1.54, 1.807) is 18.2 Å². The normalized spacial score (nSPS) is 24.2. The van der Waals surface area contributed by atoms with Crippen molar-refractivity contribution in [2.45, 2.75) is 25.3 Å². The van der Waals surface area contributed by atoms with E-state index in [9.17, 15) is 9.90 Å². The summed E-state index contributed by atoms with van der Waals surface area (Å²) in [6.07, 6.45) is 0.784. The molecule has 4 heteroatoms. The van der Waals surface area contributed by atoms with E-state index in [0.717, 1.165) is 12.0 Å². The summed E-state index contributed by atoms with van der Waals surface area (Å²) < 4.78 is 5.03. The summed E-state index contributed by atoms with van der Waals surface area (Å²) in [7, 11) is 1.50. The summed E-state index contributed by atoms with van der Waals surface area (Å²) in [5, 5.41) is 12.3. The molecule has 0 spiro atoms. The lowest BCUT2D eigenvalue weighted by Crippen LogP contribution is -2.23. The Morgan fingerprint density at radius 3 is 2.81 bits per heavy atom. The Morgan fingerprint density at radius 2 is 2.25 bits per heavy atom. The number of nitrogens with one attached hydrogen (secondary N) is 1. The van der Waals surface area contributed by atoms with Crippen LogP contribution in [0.1, 0.15) is 24.8 Å². The van der Waals surface area contributed by atoms with Crippen molar-refractivity contribution >= 4 is 5.91 Å². The molecular formula is C12H15NO3. The molecule has 1 aliphatic rings. The molecule has 4 nitrogen and oxygen atoms in total. The molecule has 1 aromatic rings. The van der Waals surface area contributed by atoms with Gasteiger partial charge in [-0.1, -0.05) is 6.07 Å². The number of methoxy groups -OCH3 is 1. The summed E-state index contributed by atoms with van der Waals surface area (Å²) in [4.78, 5) is 11.7. The average Bonchev–Trinajstić information content (AvgIpc) is 2.59. The van der Waals surface area contributed by atoms with Gasteiger partial charge in [0.2, 0.25) is 5.91 Å². The molecular weight excluding hydrogens is 206 g/mol. The van der Waals surface area contributed by atoms with Crippen LogP contribution in [0.3, 0.4) is 0 Å². The van der Waals surface area contributed by atoms with Gasteiger partial charge in [0.25, 0.3) is 0 Å². The fraction of sp³-hybridized carbons (Fsp3) is 0.417. The minimum absolute atomic E-state index is 0.0419. The smallest absolute Gasteiger partial charge is 0.227 e. The second-order valence-corrected chi connectivity index (χ2v) is 4.13. The summed E-state index contributed by atoms with van der Waals surface area (Å²) in [6.45, 7) is 1.98. The Hall–Kier alpha value is -1.71. The minimum Gasteiger partial charge on any atom is -0.504 e. The second kappa shape index (κ2) is 4.04. The highest BCUT2D eigenvalue weighted by molar-refractivity contribution is 5.86. The zero-order valence-electron chi connectivity index (χ0n) is 9.36. The number of hydrogen-bond donors (Lipinski definition) is 2. The van der Waals surface area contributed by atoms with Gasteiger partial charge in [0.15, 0.2) is 11.5 Å². The van der Waals surface area contributed by atoms with E-state index < -0.39 is 0 Å². The number of ether oxygens (including phenoxy) is 1. The molecule has 0 radical (unpaired) electrons. The van der Waals surface area contributed by atoms with Gasteiger partial charge in [0.1, 0.15) is 0 Å². The molecule has 1 heterocycles.